The molecule has 2 nitrogen and oxygen atoms in total. The first-order chi connectivity index (χ1) is 6.36. The summed E-state index contributed by atoms with van der Waals surface area (Å²) in [4.78, 5) is 4.07. The normalized spacial score (nSPS) is 11.0. The van der Waals surface area contributed by atoms with Crippen LogP contribution in [0.1, 0.15) is 0 Å². The molecule has 1 rings (SSSR count). The van der Waals surface area contributed by atoms with Gasteiger partial charge in [0.15, 0.2) is 5.17 Å². The first kappa shape index (κ1) is 9.86. The van der Waals surface area contributed by atoms with Crippen molar-refractivity contribution in [3.63, 3.8) is 0 Å². The molecule has 0 amide bonds. The van der Waals surface area contributed by atoms with Gasteiger partial charge in [-0.15, -0.1) is 0 Å². The molecule has 0 fully saturated rings. The number of benzene rings is 1. The third-order valence-corrected chi connectivity index (χ3v) is 2.02. The van der Waals surface area contributed by atoms with E-state index >= 15 is 0 Å². The van der Waals surface area contributed by atoms with Gasteiger partial charge in [0, 0.05) is 11.9 Å². The molecule has 1 aromatic carbocycles. The standard InChI is InChI=1S/C10H12N2S/c1-3-11-10(13-2)12-9-7-5-4-6-8-9/h3-8H,1H2,2H3,(H,11,12). The lowest BCUT2D eigenvalue weighted by molar-refractivity contribution is 1.56. The van der Waals surface area contributed by atoms with Crippen LogP contribution in [0.3, 0.4) is 0 Å². The van der Waals surface area contributed by atoms with E-state index in [1.807, 2.05) is 36.6 Å². The Labute approximate surface area is 82.8 Å². The van der Waals surface area contributed by atoms with Crippen molar-refractivity contribution in [2.24, 2.45) is 4.99 Å². The number of nitrogens with one attached hydrogen (secondary N) is 1. The van der Waals surface area contributed by atoms with Crippen LogP contribution in [0.5, 0.6) is 0 Å². The van der Waals surface area contributed by atoms with E-state index in [0.29, 0.717) is 0 Å². The number of nitrogens with zero attached hydrogens (tertiary/aromatic N) is 1. The molecular formula is C10H12N2S. The van der Waals surface area contributed by atoms with E-state index in [1.165, 1.54) is 6.20 Å². The molecule has 0 heterocycles. The number of hydrogen-bond donors (Lipinski definition) is 1. The molecule has 0 unspecified atom stereocenters. The van der Waals surface area contributed by atoms with Gasteiger partial charge < -0.3 is 5.32 Å². The number of hydrogen-bond acceptors (Lipinski definition) is 2. The number of para-hydroxylation sites is 1. The van der Waals surface area contributed by atoms with Crippen LogP contribution in [0.15, 0.2) is 48.1 Å². The second kappa shape index (κ2) is 5.43. The summed E-state index contributed by atoms with van der Waals surface area (Å²) in [6.45, 7) is 3.55. The molecule has 0 radical (unpaired) electrons. The molecule has 0 aliphatic carbocycles. The largest absolute Gasteiger partial charge is 0.335 e. The fraction of sp³-hybridized carbons (Fsp3) is 0.100. The average Bonchev–Trinajstić information content (AvgIpc) is 2.19. The summed E-state index contributed by atoms with van der Waals surface area (Å²) in [7, 11) is 0. The Hall–Kier alpha value is -1.22. The van der Waals surface area contributed by atoms with E-state index in [4.69, 9.17) is 0 Å². The van der Waals surface area contributed by atoms with Gasteiger partial charge in [-0.25, -0.2) is 4.99 Å². The molecule has 0 saturated carbocycles. The fourth-order valence-electron chi connectivity index (χ4n) is 0.864. The molecule has 0 atom stereocenters. The minimum absolute atomic E-state index is 0.848. The lowest BCUT2D eigenvalue weighted by Crippen LogP contribution is -2.05. The number of rotatable bonds is 2. The monoisotopic (exact) mass is 192 g/mol. The lowest BCUT2D eigenvalue weighted by Gasteiger charge is -2.05. The zero-order chi connectivity index (χ0) is 9.52. The Morgan fingerprint density at radius 3 is 2.69 bits per heavy atom. The summed E-state index contributed by atoms with van der Waals surface area (Å²) in [6, 6.07) is 9.93. The third kappa shape index (κ3) is 3.34. The lowest BCUT2D eigenvalue weighted by atomic mass is 10.3. The minimum atomic E-state index is 0.848. The molecule has 13 heavy (non-hydrogen) atoms. The predicted octanol–water partition coefficient (Wildman–Crippen LogP) is 2.96. The molecule has 0 saturated heterocycles. The van der Waals surface area contributed by atoms with Crippen molar-refractivity contribution in [1.29, 1.82) is 0 Å². The van der Waals surface area contributed by atoms with Crippen LogP contribution in [-0.4, -0.2) is 11.4 Å². The molecule has 0 spiro atoms. The van der Waals surface area contributed by atoms with Crippen LogP contribution in [0.2, 0.25) is 0 Å². The summed E-state index contributed by atoms with van der Waals surface area (Å²) in [5.74, 6) is 0. The number of amidine groups is 1. The molecule has 1 aromatic rings. The topological polar surface area (TPSA) is 24.4 Å². The maximum atomic E-state index is 4.07. The molecular weight excluding hydrogens is 180 g/mol. The van der Waals surface area contributed by atoms with Gasteiger partial charge in [-0.1, -0.05) is 36.5 Å². The van der Waals surface area contributed by atoms with Crippen LogP contribution in [-0.2, 0) is 0 Å². The van der Waals surface area contributed by atoms with E-state index < -0.39 is 0 Å². The van der Waals surface area contributed by atoms with Crippen LogP contribution in [0.4, 0.5) is 5.69 Å². The highest BCUT2D eigenvalue weighted by Crippen LogP contribution is 2.08. The van der Waals surface area contributed by atoms with Crippen molar-refractivity contribution in [2.45, 2.75) is 0 Å². The van der Waals surface area contributed by atoms with Crippen LogP contribution < -0.4 is 5.32 Å². The van der Waals surface area contributed by atoms with Crippen molar-refractivity contribution in [1.82, 2.24) is 0 Å². The predicted molar refractivity (Wildman–Crippen MR) is 61.2 cm³/mol. The van der Waals surface area contributed by atoms with Gasteiger partial charge in [0.05, 0.1) is 0 Å². The maximum Gasteiger partial charge on any atom is 0.165 e. The zero-order valence-corrected chi connectivity index (χ0v) is 8.34. The van der Waals surface area contributed by atoms with E-state index in [-0.39, 0.29) is 0 Å². The van der Waals surface area contributed by atoms with Gasteiger partial charge in [0.2, 0.25) is 0 Å². The Kier molecular flexibility index (Phi) is 4.12. The molecule has 0 bridgehead atoms. The van der Waals surface area contributed by atoms with Crippen molar-refractivity contribution in [3.05, 3.63) is 43.1 Å². The summed E-state index contributed by atoms with van der Waals surface area (Å²) < 4.78 is 0. The van der Waals surface area contributed by atoms with E-state index in [2.05, 4.69) is 16.9 Å². The van der Waals surface area contributed by atoms with Gasteiger partial charge in [0.25, 0.3) is 0 Å². The highest BCUT2D eigenvalue weighted by molar-refractivity contribution is 8.13. The molecule has 68 valence electrons. The summed E-state index contributed by atoms with van der Waals surface area (Å²) >= 11 is 1.56. The van der Waals surface area contributed by atoms with Gasteiger partial charge in [-0.3, -0.25) is 0 Å². The van der Waals surface area contributed by atoms with Crippen LogP contribution >= 0.6 is 11.8 Å². The van der Waals surface area contributed by atoms with Crippen molar-refractivity contribution in [3.8, 4) is 0 Å². The number of anilines is 1. The van der Waals surface area contributed by atoms with Crippen molar-refractivity contribution in [2.75, 3.05) is 11.6 Å². The molecule has 0 aliphatic rings. The van der Waals surface area contributed by atoms with Gasteiger partial charge in [0.1, 0.15) is 0 Å². The first-order valence-electron chi connectivity index (χ1n) is 3.91. The number of aliphatic imine (C=N–C) groups is 1. The Morgan fingerprint density at radius 1 is 1.46 bits per heavy atom. The molecule has 1 N–H and O–H groups in total. The van der Waals surface area contributed by atoms with Gasteiger partial charge in [-0.05, 0) is 18.4 Å². The van der Waals surface area contributed by atoms with Crippen molar-refractivity contribution >= 4 is 22.6 Å². The Bertz CT molecular complexity index is 293. The maximum absolute atomic E-state index is 4.07. The second-order valence-electron chi connectivity index (χ2n) is 2.31. The van der Waals surface area contributed by atoms with E-state index in [1.54, 1.807) is 11.8 Å². The molecule has 0 aromatic heterocycles. The summed E-state index contributed by atoms with van der Waals surface area (Å²) in [5, 5.41) is 4.02. The second-order valence-corrected chi connectivity index (χ2v) is 3.11. The van der Waals surface area contributed by atoms with Gasteiger partial charge >= 0.3 is 0 Å². The number of thioether (sulfide) groups is 1. The summed E-state index contributed by atoms with van der Waals surface area (Å²) in [6.07, 6.45) is 3.50. The smallest absolute Gasteiger partial charge is 0.165 e. The van der Waals surface area contributed by atoms with Crippen LogP contribution in [0.25, 0.3) is 0 Å². The Balaban J connectivity index is 2.67. The Morgan fingerprint density at radius 2 is 2.15 bits per heavy atom. The molecule has 0 aliphatic heterocycles. The SMILES string of the molecule is C=CN=C(Nc1ccccc1)SC. The zero-order valence-electron chi connectivity index (χ0n) is 7.53. The molecule has 3 heteroatoms. The highest BCUT2D eigenvalue weighted by Gasteiger charge is 1.94. The first-order valence-corrected chi connectivity index (χ1v) is 5.14. The fourth-order valence-corrected chi connectivity index (χ4v) is 1.26. The quantitative estimate of drug-likeness (QED) is 0.575. The van der Waals surface area contributed by atoms with E-state index in [0.717, 1.165) is 10.9 Å². The summed E-state index contributed by atoms with van der Waals surface area (Å²) in [5.41, 5.74) is 1.04. The minimum Gasteiger partial charge on any atom is -0.335 e. The van der Waals surface area contributed by atoms with Gasteiger partial charge in [-0.2, -0.15) is 0 Å². The van der Waals surface area contributed by atoms with Crippen LogP contribution in [0, 0.1) is 0 Å². The average molecular weight is 192 g/mol. The van der Waals surface area contributed by atoms with E-state index in [9.17, 15) is 0 Å². The highest BCUT2D eigenvalue weighted by atomic mass is 32.2. The third-order valence-electron chi connectivity index (χ3n) is 1.43. The van der Waals surface area contributed by atoms with Crippen molar-refractivity contribution < 1.29 is 0 Å².